The van der Waals surface area contributed by atoms with Crippen molar-refractivity contribution in [3.8, 4) is 0 Å². The fraction of sp³-hybridized carbons (Fsp3) is 0.923. The molecule has 1 amide bonds. The first-order valence-corrected chi connectivity index (χ1v) is 7.05. The average Bonchev–Trinajstić information content (AvgIpc) is 2.69. The van der Waals surface area contributed by atoms with Crippen LogP contribution in [0, 0.1) is 5.92 Å². The Morgan fingerprint density at radius 2 is 1.85 bits per heavy atom. The predicted octanol–water partition coefficient (Wildman–Crippen LogP) is 1.24. The summed E-state index contributed by atoms with van der Waals surface area (Å²) in [6, 6.07) is -0.410. The van der Waals surface area contributed by atoms with Crippen molar-refractivity contribution in [3.05, 3.63) is 0 Å². The van der Waals surface area contributed by atoms with Gasteiger partial charge in [-0.2, -0.15) is 13.2 Å². The van der Waals surface area contributed by atoms with E-state index < -0.39 is 24.7 Å². The Morgan fingerprint density at radius 3 is 2.35 bits per heavy atom. The van der Waals surface area contributed by atoms with E-state index in [0.717, 1.165) is 17.7 Å². The zero-order valence-corrected chi connectivity index (χ0v) is 11.6. The van der Waals surface area contributed by atoms with Crippen LogP contribution in [0.25, 0.3) is 0 Å². The molecule has 2 fully saturated rings. The number of piperidine rings is 1. The summed E-state index contributed by atoms with van der Waals surface area (Å²) < 4.78 is 37.1. The smallest absolute Gasteiger partial charge is 0.393 e. The van der Waals surface area contributed by atoms with Gasteiger partial charge in [0.25, 0.3) is 0 Å². The summed E-state index contributed by atoms with van der Waals surface area (Å²) in [4.78, 5) is 14.9. The van der Waals surface area contributed by atoms with Crippen molar-refractivity contribution in [2.24, 2.45) is 5.92 Å². The van der Waals surface area contributed by atoms with Gasteiger partial charge >= 0.3 is 6.18 Å². The van der Waals surface area contributed by atoms with E-state index in [1.807, 2.05) is 4.90 Å². The molecule has 2 heterocycles. The van der Waals surface area contributed by atoms with E-state index in [1.54, 1.807) is 6.92 Å². The first kappa shape index (κ1) is 15.6. The number of hydrogen-bond acceptors (Lipinski definition) is 3. The summed E-state index contributed by atoms with van der Waals surface area (Å²) in [5.74, 6) is -0.174. The second kappa shape index (κ2) is 5.89. The highest BCUT2D eigenvalue weighted by Gasteiger charge is 2.42. The van der Waals surface area contributed by atoms with Gasteiger partial charge in [0.05, 0.1) is 12.1 Å². The van der Waals surface area contributed by atoms with Crippen LogP contribution in [0.4, 0.5) is 13.2 Å². The molecule has 2 saturated heterocycles. The molecule has 0 radical (unpaired) electrons. The van der Waals surface area contributed by atoms with Crippen LogP contribution in [0.1, 0.15) is 26.2 Å². The van der Waals surface area contributed by atoms with E-state index in [9.17, 15) is 23.1 Å². The van der Waals surface area contributed by atoms with Crippen molar-refractivity contribution in [3.63, 3.8) is 0 Å². The SMILES string of the molecule is CC(O)C1CCN(C2CCN(CC(F)(F)F)C2=O)CC1. The van der Waals surface area contributed by atoms with Crippen molar-refractivity contribution >= 4 is 5.91 Å². The van der Waals surface area contributed by atoms with Crippen molar-refractivity contribution in [1.29, 1.82) is 0 Å². The monoisotopic (exact) mass is 294 g/mol. The van der Waals surface area contributed by atoms with Gasteiger partial charge in [-0.1, -0.05) is 0 Å². The maximum Gasteiger partial charge on any atom is 0.406 e. The molecule has 2 rings (SSSR count). The minimum Gasteiger partial charge on any atom is -0.393 e. The van der Waals surface area contributed by atoms with E-state index in [0.29, 0.717) is 19.5 Å². The first-order chi connectivity index (χ1) is 9.28. The lowest BCUT2D eigenvalue weighted by Gasteiger charge is -2.36. The van der Waals surface area contributed by atoms with Crippen molar-refractivity contribution in [2.45, 2.75) is 44.5 Å². The van der Waals surface area contributed by atoms with Crippen LogP contribution in [0.15, 0.2) is 0 Å². The van der Waals surface area contributed by atoms with Crippen molar-refractivity contribution in [2.75, 3.05) is 26.2 Å². The Bertz CT molecular complexity index is 352. The molecule has 2 aliphatic rings. The Morgan fingerprint density at radius 1 is 1.25 bits per heavy atom. The molecule has 2 atom stereocenters. The van der Waals surface area contributed by atoms with E-state index in [-0.39, 0.29) is 18.6 Å². The average molecular weight is 294 g/mol. The Kier molecular flexibility index (Phi) is 4.59. The number of aliphatic hydroxyl groups excluding tert-OH is 1. The molecular weight excluding hydrogens is 273 g/mol. The molecule has 0 aromatic carbocycles. The lowest BCUT2D eigenvalue weighted by Crippen LogP contribution is -2.47. The number of alkyl halides is 3. The maximum atomic E-state index is 12.4. The summed E-state index contributed by atoms with van der Waals surface area (Å²) in [5, 5.41) is 9.53. The summed E-state index contributed by atoms with van der Waals surface area (Å²) in [7, 11) is 0. The lowest BCUT2D eigenvalue weighted by molar-refractivity contribution is -0.159. The van der Waals surface area contributed by atoms with Gasteiger partial charge in [0.15, 0.2) is 0 Å². The molecule has 7 heteroatoms. The number of aliphatic hydroxyl groups is 1. The number of halogens is 3. The lowest BCUT2D eigenvalue weighted by atomic mass is 9.91. The van der Waals surface area contributed by atoms with E-state index in [2.05, 4.69) is 0 Å². The molecule has 0 saturated carbocycles. The maximum absolute atomic E-state index is 12.4. The molecule has 1 N–H and O–H groups in total. The molecule has 2 unspecified atom stereocenters. The number of carbonyl (C=O) groups excluding carboxylic acids is 1. The minimum absolute atomic E-state index is 0.180. The van der Waals surface area contributed by atoms with E-state index in [1.165, 1.54) is 0 Å². The number of amides is 1. The third-order valence-corrected chi connectivity index (χ3v) is 4.34. The predicted molar refractivity (Wildman–Crippen MR) is 67.0 cm³/mol. The highest BCUT2D eigenvalue weighted by atomic mass is 19.4. The van der Waals surface area contributed by atoms with Gasteiger partial charge in [0.1, 0.15) is 6.54 Å². The number of rotatable bonds is 3. The highest BCUT2D eigenvalue weighted by Crippen LogP contribution is 2.27. The largest absolute Gasteiger partial charge is 0.406 e. The van der Waals surface area contributed by atoms with Crippen molar-refractivity contribution < 1.29 is 23.1 Å². The van der Waals surface area contributed by atoms with Gasteiger partial charge in [-0.15, -0.1) is 0 Å². The topological polar surface area (TPSA) is 43.8 Å². The number of nitrogens with zero attached hydrogens (tertiary/aromatic N) is 2. The zero-order chi connectivity index (χ0) is 14.9. The number of likely N-dealkylation sites (tertiary alicyclic amines) is 2. The van der Waals surface area contributed by atoms with Gasteiger partial charge < -0.3 is 10.0 Å². The number of carbonyl (C=O) groups is 1. The molecule has 2 aliphatic heterocycles. The van der Waals surface area contributed by atoms with Gasteiger partial charge in [-0.05, 0) is 45.2 Å². The van der Waals surface area contributed by atoms with Gasteiger partial charge in [0, 0.05) is 6.54 Å². The van der Waals surface area contributed by atoms with Gasteiger partial charge in [0.2, 0.25) is 5.91 Å². The van der Waals surface area contributed by atoms with Crippen LogP contribution >= 0.6 is 0 Å². The van der Waals surface area contributed by atoms with Crippen LogP contribution in [-0.2, 0) is 4.79 Å². The second-order valence-electron chi connectivity index (χ2n) is 5.79. The molecule has 0 aromatic heterocycles. The molecule has 0 aromatic rings. The van der Waals surface area contributed by atoms with E-state index in [4.69, 9.17) is 0 Å². The van der Waals surface area contributed by atoms with Crippen LogP contribution < -0.4 is 0 Å². The molecule has 4 nitrogen and oxygen atoms in total. The Balaban J connectivity index is 1.88. The van der Waals surface area contributed by atoms with Gasteiger partial charge in [-0.25, -0.2) is 0 Å². The Hall–Kier alpha value is -0.820. The van der Waals surface area contributed by atoms with Gasteiger partial charge in [-0.3, -0.25) is 9.69 Å². The molecular formula is C13H21F3N2O2. The first-order valence-electron chi connectivity index (χ1n) is 7.05. The van der Waals surface area contributed by atoms with Crippen LogP contribution in [0.3, 0.4) is 0 Å². The summed E-state index contributed by atoms with van der Waals surface area (Å²) >= 11 is 0. The molecule has 0 bridgehead atoms. The summed E-state index contributed by atoms with van der Waals surface area (Å²) in [6.45, 7) is 2.13. The third kappa shape index (κ3) is 3.63. The normalized spacial score (nSPS) is 28.1. The summed E-state index contributed by atoms with van der Waals surface area (Å²) in [6.07, 6.45) is -2.64. The minimum atomic E-state index is -4.33. The molecule has 20 heavy (non-hydrogen) atoms. The standard InChI is InChI=1S/C13H21F3N2O2/c1-9(19)10-2-5-17(6-3-10)11-4-7-18(12(11)20)8-13(14,15)16/h9-11,19H,2-8H2,1H3. The van der Waals surface area contributed by atoms with Crippen LogP contribution in [-0.4, -0.2) is 65.3 Å². The van der Waals surface area contributed by atoms with Crippen LogP contribution in [0.2, 0.25) is 0 Å². The fourth-order valence-corrected chi connectivity index (χ4v) is 3.15. The third-order valence-electron chi connectivity index (χ3n) is 4.34. The van der Waals surface area contributed by atoms with E-state index >= 15 is 0 Å². The van der Waals surface area contributed by atoms with Crippen molar-refractivity contribution in [1.82, 2.24) is 9.80 Å². The number of hydrogen-bond donors (Lipinski definition) is 1. The molecule has 116 valence electrons. The molecule has 0 spiro atoms. The quantitative estimate of drug-likeness (QED) is 0.852. The summed E-state index contributed by atoms with van der Waals surface area (Å²) in [5.41, 5.74) is 0. The zero-order valence-electron chi connectivity index (χ0n) is 11.6. The van der Waals surface area contributed by atoms with Crippen LogP contribution in [0.5, 0.6) is 0 Å². The highest BCUT2D eigenvalue weighted by molar-refractivity contribution is 5.84. The Labute approximate surface area is 116 Å². The second-order valence-corrected chi connectivity index (χ2v) is 5.79. The molecule has 0 aliphatic carbocycles. The fourth-order valence-electron chi connectivity index (χ4n) is 3.15.